The Morgan fingerprint density at radius 3 is 2.79 bits per heavy atom. The molecule has 0 radical (unpaired) electrons. The number of fused-ring (bicyclic) bond motifs is 1. The van der Waals surface area contributed by atoms with Crippen molar-refractivity contribution in [3.8, 4) is 0 Å². The second kappa shape index (κ2) is 5.31. The fourth-order valence-electron chi connectivity index (χ4n) is 2.43. The topological polar surface area (TPSA) is 41.3 Å². The van der Waals surface area contributed by atoms with Gasteiger partial charge in [-0.15, -0.1) is 0 Å². The maximum Gasteiger partial charge on any atom is 0.0955 e. The van der Waals surface area contributed by atoms with Gasteiger partial charge >= 0.3 is 0 Å². The lowest BCUT2D eigenvalue weighted by Gasteiger charge is -2.28. The van der Waals surface area contributed by atoms with Crippen molar-refractivity contribution < 1.29 is 5.11 Å². The molecule has 0 saturated heterocycles. The van der Waals surface area contributed by atoms with Crippen LogP contribution in [0.25, 0.3) is 11.0 Å². The van der Waals surface area contributed by atoms with E-state index in [9.17, 15) is 5.11 Å². The van der Waals surface area contributed by atoms with Gasteiger partial charge in [0.1, 0.15) is 0 Å². The van der Waals surface area contributed by atoms with Crippen LogP contribution in [0, 0.1) is 5.41 Å². The molecule has 1 aromatic heterocycles. The van der Waals surface area contributed by atoms with Crippen molar-refractivity contribution in [3.05, 3.63) is 30.1 Å². The molecule has 0 saturated carbocycles. The number of aromatic nitrogens is 2. The second-order valence-electron chi connectivity index (χ2n) is 6.17. The molecule has 104 valence electrons. The molecule has 0 bridgehead atoms. The highest BCUT2D eigenvalue weighted by atomic mass is 16.3. The van der Waals surface area contributed by atoms with Crippen molar-refractivity contribution in [3.63, 3.8) is 0 Å². The third-order valence-electron chi connectivity index (χ3n) is 3.37. The SMILES string of the molecule is CN(Cc1ccc2c(c1)ncn2C)CC(C)(C)CO. The van der Waals surface area contributed by atoms with Crippen LogP contribution < -0.4 is 0 Å². The summed E-state index contributed by atoms with van der Waals surface area (Å²) in [7, 11) is 4.09. The number of aryl methyl sites for hydroxylation is 1. The van der Waals surface area contributed by atoms with Gasteiger partial charge in [0.15, 0.2) is 0 Å². The zero-order chi connectivity index (χ0) is 14.0. The van der Waals surface area contributed by atoms with Crippen molar-refractivity contribution in [1.29, 1.82) is 0 Å². The fraction of sp³-hybridized carbons (Fsp3) is 0.533. The number of aliphatic hydroxyl groups excluding tert-OH is 1. The van der Waals surface area contributed by atoms with Crippen LogP contribution in [-0.2, 0) is 13.6 Å². The molecule has 2 rings (SSSR count). The monoisotopic (exact) mass is 261 g/mol. The van der Waals surface area contributed by atoms with Gasteiger partial charge in [0.25, 0.3) is 0 Å². The van der Waals surface area contributed by atoms with Crippen molar-refractivity contribution >= 4 is 11.0 Å². The van der Waals surface area contributed by atoms with E-state index in [2.05, 4.69) is 49.0 Å². The summed E-state index contributed by atoms with van der Waals surface area (Å²) in [6.45, 7) is 6.09. The maximum atomic E-state index is 9.31. The summed E-state index contributed by atoms with van der Waals surface area (Å²) in [5.41, 5.74) is 3.38. The summed E-state index contributed by atoms with van der Waals surface area (Å²) < 4.78 is 2.03. The highest BCUT2D eigenvalue weighted by Crippen LogP contribution is 2.18. The van der Waals surface area contributed by atoms with E-state index in [4.69, 9.17) is 0 Å². The standard InChI is InChI=1S/C15H23N3O/c1-15(2,10-19)9-17(3)8-12-5-6-14-13(7-12)16-11-18(14)4/h5-7,11,19H,8-10H2,1-4H3. The van der Waals surface area contributed by atoms with Gasteiger partial charge in [0.2, 0.25) is 0 Å². The van der Waals surface area contributed by atoms with Gasteiger partial charge < -0.3 is 14.6 Å². The summed E-state index contributed by atoms with van der Waals surface area (Å²) in [4.78, 5) is 6.62. The Balaban J connectivity index is 2.08. The number of aliphatic hydroxyl groups is 1. The summed E-state index contributed by atoms with van der Waals surface area (Å²) in [5, 5.41) is 9.31. The van der Waals surface area contributed by atoms with E-state index in [0.717, 1.165) is 24.1 Å². The van der Waals surface area contributed by atoms with Crippen LogP contribution >= 0.6 is 0 Å². The average molecular weight is 261 g/mol. The van der Waals surface area contributed by atoms with Crippen LogP contribution in [0.5, 0.6) is 0 Å². The summed E-state index contributed by atoms with van der Waals surface area (Å²) >= 11 is 0. The summed E-state index contributed by atoms with van der Waals surface area (Å²) in [6, 6.07) is 6.40. The lowest BCUT2D eigenvalue weighted by Crippen LogP contribution is -2.33. The zero-order valence-electron chi connectivity index (χ0n) is 12.2. The molecule has 0 fully saturated rings. The molecular formula is C15H23N3O. The van der Waals surface area contributed by atoms with Crippen molar-refractivity contribution in [1.82, 2.24) is 14.5 Å². The van der Waals surface area contributed by atoms with Gasteiger partial charge in [-0.3, -0.25) is 0 Å². The smallest absolute Gasteiger partial charge is 0.0955 e. The molecule has 2 aromatic rings. The van der Waals surface area contributed by atoms with E-state index in [1.165, 1.54) is 5.56 Å². The van der Waals surface area contributed by atoms with Crippen LogP contribution in [0.1, 0.15) is 19.4 Å². The van der Waals surface area contributed by atoms with Gasteiger partial charge in [-0.05, 0) is 24.7 Å². The molecular weight excluding hydrogens is 238 g/mol. The zero-order valence-corrected chi connectivity index (χ0v) is 12.2. The summed E-state index contributed by atoms with van der Waals surface area (Å²) in [5.74, 6) is 0. The molecule has 0 atom stereocenters. The predicted molar refractivity (Wildman–Crippen MR) is 77.9 cm³/mol. The van der Waals surface area contributed by atoms with Gasteiger partial charge in [-0.25, -0.2) is 4.98 Å². The Bertz CT molecular complexity index is 560. The largest absolute Gasteiger partial charge is 0.396 e. The van der Waals surface area contributed by atoms with Crippen molar-refractivity contribution in [2.24, 2.45) is 12.5 Å². The molecule has 0 amide bonds. The molecule has 1 aromatic carbocycles. The minimum Gasteiger partial charge on any atom is -0.396 e. The van der Waals surface area contributed by atoms with Crippen molar-refractivity contribution in [2.75, 3.05) is 20.2 Å². The highest BCUT2D eigenvalue weighted by molar-refractivity contribution is 5.75. The Labute approximate surface area is 114 Å². The Morgan fingerprint density at radius 1 is 1.37 bits per heavy atom. The van der Waals surface area contributed by atoms with Gasteiger partial charge in [0.05, 0.1) is 17.4 Å². The van der Waals surface area contributed by atoms with Gasteiger partial charge in [0, 0.05) is 32.2 Å². The molecule has 0 aliphatic rings. The van der Waals surface area contributed by atoms with E-state index in [1.807, 2.05) is 17.9 Å². The fourth-order valence-corrected chi connectivity index (χ4v) is 2.43. The quantitative estimate of drug-likeness (QED) is 0.895. The average Bonchev–Trinajstić information content (AvgIpc) is 2.70. The minimum atomic E-state index is -0.0656. The number of imidazole rings is 1. The number of nitrogens with zero attached hydrogens (tertiary/aromatic N) is 3. The van der Waals surface area contributed by atoms with E-state index >= 15 is 0 Å². The number of rotatable bonds is 5. The van der Waals surface area contributed by atoms with E-state index in [-0.39, 0.29) is 12.0 Å². The first-order valence-corrected chi connectivity index (χ1v) is 6.61. The molecule has 0 spiro atoms. The summed E-state index contributed by atoms with van der Waals surface area (Å²) in [6.07, 6.45) is 1.84. The van der Waals surface area contributed by atoms with Crippen molar-refractivity contribution in [2.45, 2.75) is 20.4 Å². The van der Waals surface area contributed by atoms with Crippen LogP contribution in [0.2, 0.25) is 0 Å². The molecule has 0 aliphatic heterocycles. The third kappa shape index (κ3) is 3.33. The number of hydrogen-bond acceptors (Lipinski definition) is 3. The highest BCUT2D eigenvalue weighted by Gasteiger charge is 2.18. The van der Waals surface area contributed by atoms with Crippen LogP contribution in [-0.4, -0.2) is 39.8 Å². The van der Waals surface area contributed by atoms with E-state index in [1.54, 1.807) is 0 Å². The lowest BCUT2D eigenvalue weighted by molar-refractivity contribution is 0.112. The normalized spacial score (nSPS) is 12.5. The van der Waals surface area contributed by atoms with Crippen LogP contribution in [0.4, 0.5) is 0 Å². The minimum absolute atomic E-state index is 0.0656. The van der Waals surface area contributed by atoms with Crippen LogP contribution in [0.15, 0.2) is 24.5 Å². The molecule has 0 unspecified atom stereocenters. The third-order valence-corrected chi connectivity index (χ3v) is 3.37. The molecule has 4 nitrogen and oxygen atoms in total. The van der Waals surface area contributed by atoms with Gasteiger partial charge in [-0.2, -0.15) is 0 Å². The first kappa shape index (κ1) is 14.0. The van der Waals surface area contributed by atoms with Gasteiger partial charge in [-0.1, -0.05) is 19.9 Å². The molecule has 4 heteroatoms. The molecule has 19 heavy (non-hydrogen) atoms. The predicted octanol–water partition coefficient (Wildman–Crippen LogP) is 2.02. The maximum absolute atomic E-state index is 9.31. The van der Waals surface area contributed by atoms with E-state index in [0.29, 0.717) is 0 Å². The van der Waals surface area contributed by atoms with Crippen LogP contribution in [0.3, 0.4) is 0 Å². The Hall–Kier alpha value is -1.39. The molecule has 0 aliphatic carbocycles. The number of hydrogen-bond donors (Lipinski definition) is 1. The molecule has 1 heterocycles. The first-order valence-electron chi connectivity index (χ1n) is 6.61. The Kier molecular flexibility index (Phi) is 3.92. The first-order chi connectivity index (χ1) is 8.91. The second-order valence-corrected chi connectivity index (χ2v) is 6.17. The lowest BCUT2D eigenvalue weighted by atomic mass is 9.94. The number of benzene rings is 1. The van der Waals surface area contributed by atoms with E-state index < -0.39 is 0 Å². The Morgan fingerprint density at radius 2 is 2.11 bits per heavy atom. The molecule has 1 N–H and O–H groups in total.